The molecule has 2 saturated heterocycles. The Kier molecular flexibility index (Phi) is 4.20. The summed E-state index contributed by atoms with van der Waals surface area (Å²) in [5.74, 6) is 1.17. The highest BCUT2D eigenvalue weighted by atomic mass is 19.1. The van der Waals surface area contributed by atoms with Crippen molar-refractivity contribution < 1.29 is 9.13 Å². The highest BCUT2D eigenvalue weighted by molar-refractivity contribution is 4.80. The third kappa shape index (κ3) is 3.17. The predicted molar refractivity (Wildman–Crippen MR) is 63.3 cm³/mol. The Balaban J connectivity index is 1.80. The fourth-order valence-corrected chi connectivity index (χ4v) is 2.96. The number of likely N-dealkylation sites (tertiary alicyclic amines) is 1. The Hall–Kier alpha value is -0.150. The SMILES string of the molecule is C[C@@H]1CCCN(C[C@@H]2OC[C@@H](F)C[C@H]2C)C1. The van der Waals surface area contributed by atoms with Crippen LogP contribution in [0.4, 0.5) is 4.39 Å². The van der Waals surface area contributed by atoms with E-state index in [1.54, 1.807) is 0 Å². The minimum absolute atomic E-state index is 0.247. The normalized spacial score (nSPS) is 42.2. The van der Waals surface area contributed by atoms with Crippen molar-refractivity contribution in [2.75, 3.05) is 26.2 Å². The minimum atomic E-state index is -0.744. The summed E-state index contributed by atoms with van der Waals surface area (Å²) in [6, 6.07) is 0. The van der Waals surface area contributed by atoms with Crippen molar-refractivity contribution in [1.29, 1.82) is 0 Å². The highest BCUT2D eigenvalue weighted by Gasteiger charge is 2.30. The van der Waals surface area contributed by atoms with Crippen molar-refractivity contribution in [3.63, 3.8) is 0 Å². The van der Waals surface area contributed by atoms with Gasteiger partial charge in [-0.1, -0.05) is 13.8 Å². The molecule has 2 aliphatic heterocycles. The molecule has 0 aromatic heterocycles. The standard InChI is InChI=1S/C13H24FNO/c1-10-4-3-5-15(7-10)8-13-11(2)6-12(14)9-16-13/h10-13H,3-9H2,1-2H3/t10-,11-,12+,13+/m1/s1. The number of rotatable bonds is 2. The zero-order valence-corrected chi connectivity index (χ0v) is 10.5. The van der Waals surface area contributed by atoms with Crippen LogP contribution in [0.15, 0.2) is 0 Å². The highest BCUT2D eigenvalue weighted by Crippen LogP contribution is 2.25. The maximum absolute atomic E-state index is 13.1. The molecule has 0 saturated carbocycles. The molecule has 16 heavy (non-hydrogen) atoms. The summed E-state index contributed by atoms with van der Waals surface area (Å²) in [4.78, 5) is 2.49. The molecule has 2 rings (SSSR count). The van der Waals surface area contributed by atoms with Gasteiger partial charge in [-0.2, -0.15) is 0 Å². The second-order valence-electron chi connectivity index (χ2n) is 5.69. The summed E-state index contributed by atoms with van der Waals surface area (Å²) in [6.07, 6.45) is 2.83. The number of alkyl halides is 1. The molecule has 0 N–H and O–H groups in total. The van der Waals surface area contributed by atoms with Crippen molar-refractivity contribution in [2.45, 2.75) is 45.4 Å². The Bertz CT molecular complexity index is 224. The van der Waals surface area contributed by atoms with Crippen LogP contribution in [-0.4, -0.2) is 43.4 Å². The summed E-state index contributed by atoms with van der Waals surface area (Å²) >= 11 is 0. The number of hydrogen-bond donors (Lipinski definition) is 0. The van der Waals surface area contributed by atoms with E-state index in [9.17, 15) is 4.39 Å². The number of ether oxygens (including phenoxy) is 1. The van der Waals surface area contributed by atoms with Crippen molar-refractivity contribution in [2.24, 2.45) is 11.8 Å². The Morgan fingerprint density at radius 1 is 1.38 bits per heavy atom. The van der Waals surface area contributed by atoms with Crippen LogP contribution in [0.1, 0.15) is 33.1 Å². The molecule has 2 fully saturated rings. The lowest BCUT2D eigenvalue weighted by Crippen LogP contribution is -2.45. The average Bonchev–Trinajstić information content (AvgIpc) is 2.22. The van der Waals surface area contributed by atoms with E-state index in [0.29, 0.717) is 18.9 Å². The number of piperidine rings is 1. The molecule has 4 atom stereocenters. The lowest BCUT2D eigenvalue weighted by molar-refractivity contribution is -0.0752. The summed E-state index contributed by atoms with van der Waals surface area (Å²) in [5, 5.41) is 0. The van der Waals surface area contributed by atoms with Gasteiger partial charge in [-0.15, -0.1) is 0 Å². The van der Waals surface area contributed by atoms with Crippen molar-refractivity contribution in [3.05, 3.63) is 0 Å². The number of hydrogen-bond acceptors (Lipinski definition) is 2. The van der Waals surface area contributed by atoms with Gasteiger partial charge in [0.2, 0.25) is 0 Å². The third-order valence-electron chi connectivity index (χ3n) is 3.93. The van der Waals surface area contributed by atoms with E-state index >= 15 is 0 Å². The molecule has 0 aliphatic carbocycles. The first-order chi connectivity index (χ1) is 7.65. The number of halogens is 1. The summed E-state index contributed by atoms with van der Waals surface area (Å²) < 4.78 is 18.7. The maximum Gasteiger partial charge on any atom is 0.124 e. The molecule has 2 aliphatic rings. The summed E-state index contributed by atoms with van der Waals surface area (Å²) in [7, 11) is 0. The van der Waals surface area contributed by atoms with Crippen LogP contribution in [0.3, 0.4) is 0 Å². The van der Waals surface area contributed by atoms with Crippen LogP contribution in [0, 0.1) is 11.8 Å². The van der Waals surface area contributed by atoms with E-state index in [0.717, 1.165) is 12.5 Å². The second-order valence-corrected chi connectivity index (χ2v) is 5.69. The zero-order valence-electron chi connectivity index (χ0n) is 10.5. The van der Waals surface area contributed by atoms with E-state index < -0.39 is 6.17 Å². The van der Waals surface area contributed by atoms with Crippen molar-refractivity contribution in [1.82, 2.24) is 4.90 Å². The van der Waals surface area contributed by atoms with Gasteiger partial charge in [0.05, 0.1) is 12.7 Å². The van der Waals surface area contributed by atoms with Crippen molar-refractivity contribution >= 4 is 0 Å². The van der Waals surface area contributed by atoms with Crippen LogP contribution in [0.2, 0.25) is 0 Å². The second kappa shape index (κ2) is 5.46. The first-order valence-electron chi connectivity index (χ1n) is 6.63. The Morgan fingerprint density at radius 3 is 2.88 bits per heavy atom. The molecule has 2 nitrogen and oxygen atoms in total. The van der Waals surface area contributed by atoms with E-state index in [1.165, 1.54) is 25.9 Å². The molecule has 0 unspecified atom stereocenters. The van der Waals surface area contributed by atoms with Crippen LogP contribution in [0.25, 0.3) is 0 Å². The monoisotopic (exact) mass is 229 g/mol. The van der Waals surface area contributed by atoms with Gasteiger partial charge in [-0.25, -0.2) is 4.39 Å². The third-order valence-corrected chi connectivity index (χ3v) is 3.93. The van der Waals surface area contributed by atoms with E-state index in [-0.39, 0.29) is 6.10 Å². The van der Waals surface area contributed by atoms with Crippen LogP contribution in [-0.2, 0) is 4.74 Å². The molecular weight excluding hydrogens is 205 g/mol. The lowest BCUT2D eigenvalue weighted by Gasteiger charge is -2.38. The van der Waals surface area contributed by atoms with Gasteiger partial charge in [-0.05, 0) is 37.6 Å². The quantitative estimate of drug-likeness (QED) is 0.721. The molecule has 3 heteroatoms. The van der Waals surface area contributed by atoms with E-state index in [1.807, 2.05) is 0 Å². The molecular formula is C13H24FNO. The van der Waals surface area contributed by atoms with Crippen LogP contribution < -0.4 is 0 Å². The average molecular weight is 229 g/mol. The van der Waals surface area contributed by atoms with Gasteiger partial charge < -0.3 is 9.64 Å². The molecule has 0 aromatic carbocycles. The first kappa shape index (κ1) is 12.3. The van der Waals surface area contributed by atoms with E-state index in [4.69, 9.17) is 4.74 Å². The molecule has 94 valence electrons. The molecule has 0 radical (unpaired) electrons. The van der Waals surface area contributed by atoms with E-state index in [2.05, 4.69) is 18.7 Å². The Morgan fingerprint density at radius 2 is 2.19 bits per heavy atom. The van der Waals surface area contributed by atoms with Gasteiger partial charge in [-0.3, -0.25) is 0 Å². The molecule has 0 bridgehead atoms. The van der Waals surface area contributed by atoms with Crippen molar-refractivity contribution in [3.8, 4) is 0 Å². The molecule has 0 aromatic rings. The summed E-state index contributed by atoms with van der Waals surface area (Å²) in [6.45, 7) is 8.11. The van der Waals surface area contributed by atoms with Gasteiger partial charge in [0, 0.05) is 13.1 Å². The Labute approximate surface area is 98.1 Å². The molecule has 0 spiro atoms. The minimum Gasteiger partial charge on any atom is -0.374 e. The maximum atomic E-state index is 13.1. The smallest absolute Gasteiger partial charge is 0.124 e. The fourth-order valence-electron chi connectivity index (χ4n) is 2.96. The fraction of sp³-hybridized carbons (Fsp3) is 1.00. The van der Waals surface area contributed by atoms with Gasteiger partial charge in [0.25, 0.3) is 0 Å². The lowest BCUT2D eigenvalue weighted by atomic mass is 9.93. The van der Waals surface area contributed by atoms with Crippen LogP contribution >= 0.6 is 0 Å². The number of nitrogens with zero attached hydrogens (tertiary/aromatic N) is 1. The van der Waals surface area contributed by atoms with Gasteiger partial charge >= 0.3 is 0 Å². The topological polar surface area (TPSA) is 12.5 Å². The van der Waals surface area contributed by atoms with Crippen LogP contribution in [0.5, 0.6) is 0 Å². The first-order valence-corrected chi connectivity index (χ1v) is 6.63. The molecule has 2 heterocycles. The predicted octanol–water partition coefficient (Wildman–Crippen LogP) is 2.48. The summed E-state index contributed by atoms with van der Waals surface area (Å²) in [5.41, 5.74) is 0. The van der Waals surface area contributed by atoms with Gasteiger partial charge in [0.1, 0.15) is 6.17 Å². The largest absolute Gasteiger partial charge is 0.374 e. The molecule has 0 amide bonds. The zero-order chi connectivity index (χ0) is 11.5. The van der Waals surface area contributed by atoms with Gasteiger partial charge in [0.15, 0.2) is 0 Å².